The SMILES string of the molecule is CC1CCN(CC(O)COCCC23CC4CC(CC(C4)C2)C3)CC1.[Cl-]. The van der Waals surface area contributed by atoms with Gasteiger partial charge in [0.25, 0.3) is 0 Å². The van der Waals surface area contributed by atoms with Gasteiger partial charge in [0.05, 0.1) is 12.7 Å². The van der Waals surface area contributed by atoms with Crippen LogP contribution >= 0.6 is 0 Å². The molecule has 1 saturated heterocycles. The Labute approximate surface area is 160 Å². The minimum atomic E-state index is -0.310. The van der Waals surface area contributed by atoms with Gasteiger partial charge in [-0.3, -0.25) is 0 Å². The Morgan fingerprint density at radius 3 is 2.16 bits per heavy atom. The largest absolute Gasteiger partial charge is 1.00 e. The molecule has 0 amide bonds. The highest BCUT2D eigenvalue weighted by atomic mass is 35.5. The first-order chi connectivity index (χ1) is 11.6. The van der Waals surface area contributed by atoms with Gasteiger partial charge >= 0.3 is 0 Å². The number of aliphatic hydroxyl groups is 1. The van der Waals surface area contributed by atoms with Crippen LogP contribution in [0.25, 0.3) is 0 Å². The van der Waals surface area contributed by atoms with E-state index in [4.69, 9.17) is 4.74 Å². The minimum Gasteiger partial charge on any atom is -1.00 e. The van der Waals surface area contributed by atoms with Crippen molar-refractivity contribution in [3.8, 4) is 0 Å². The van der Waals surface area contributed by atoms with Crippen molar-refractivity contribution in [2.45, 2.75) is 70.8 Å². The third kappa shape index (κ3) is 4.91. The van der Waals surface area contributed by atoms with Gasteiger partial charge in [0.1, 0.15) is 0 Å². The second kappa shape index (κ2) is 8.46. The fourth-order valence-corrected chi connectivity index (χ4v) is 6.70. The van der Waals surface area contributed by atoms with E-state index >= 15 is 0 Å². The quantitative estimate of drug-likeness (QED) is 0.670. The van der Waals surface area contributed by atoms with Crippen molar-refractivity contribution in [3.05, 3.63) is 0 Å². The molecule has 1 aliphatic heterocycles. The lowest BCUT2D eigenvalue weighted by Gasteiger charge is -2.57. The Kier molecular flexibility index (Phi) is 6.74. The molecule has 146 valence electrons. The third-order valence-corrected chi connectivity index (χ3v) is 7.60. The number of β-amino-alcohol motifs (C(OH)–C–C–N with tert-alkyl or cyclic N) is 1. The van der Waals surface area contributed by atoms with E-state index in [0.29, 0.717) is 12.0 Å². The van der Waals surface area contributed by atoms with Crippen molar-refractivity contribution in [1.29, 1.82) is 0 Å². The van der Waals surface area contributed by atoms with Crippen molar-refractivity contribution in [3.63, 3.8) is 0 Å². The third-order valence-electron chi connectivity index (χ3n) is 7.60. The number of aliphatic hydroxyl groups excluding tert-OH is 1. The number of hydrogen-bond acceptors (Lipinski definition) is 3. The van der Waals surface area contributed by atoms with Gasteiger partial charge in [0.2, 0.25) is 0 Å². The van der Waals surface area contributed by atoms with Crippen LogP contribution in [0.4, 0.5) is 0 Å². The minimum absolute atomic E-state index is 0. The van der Waals surface area contributed by atoms with Crippen LogP contribution in [-0.2, 0) is 4.74 Å². The van der Waals surface area contributed by atoms with Crippen LogP contribution in [0.1, 0.15) is 64.7 Å². The molecule has 3 nitrogen and oxygen atoms in total. The first-order valence-electron chi connectivity index (χ1n) is 10.6. The summed E-state index contributed by atoms with van der Waals surface area (Å²) in [5.74, 6) is 3.95. The highest BCUT2D eigenvalue weighted by Crippen LogP contribution is 2.61. The van der Waals surface area contributed by atoms with Crippen molar-refractivity contribution in [2.24, 2.45) is 29.1 Å². The molecule has 1 N–H and O–H groups in total. The fourth-order valence-electron chi connectivity index (χ4n) is 6.70. The van der Waals surface area contributed by atoms with Crippen molar-refractivity contribution in [2.75, 3.05) is 32.8 Å². The number of rotatable bonds is 7. The summed E-state index contributed by atoms with van der Waals surface area (Å²) in [5, 5.41) is 10.3. The first-order valence-corrected chi connectivity index (χ1v) is 10.6. The zero-order valence-corrected chi connectivity index (χ0v) is 16.7. The zero-order chi connectivity index (χ0) is 16.6. The molecule has 0 radical (unpaired) electrons. The van der Waals surface area contributed by atoms with Gasteiger partial charge < -0.3 is 27.2 Å². The number of hydrogen-bond donors (Lipinski definition) is 1. The summed E-state index contributed by atoms with van der Waals surface area (Å²) >= 11 is 0. The molecule has 5 rings (SSSR count). The molecule has 5 fully saturated rings. The van der Waals surface area contributed by atoms with E-state index in [2.05, 4.69) is 11.8 Å². The lowest BCUT2D eigenvalue weighted by Crippen LogP contribution is -3.00. The topological polar surface area (TPSA) is 32.7 Å². The summed E-state index contributed by atoms with van der Waals surface area (Å²) in [7, 11) is 0. The molecule has 25 heavy (non-hydrogen) atoms. The van der Waals surface area contributed by atoms with Crippen LogP contribution in [0.5, 0.6) is 0 Å². The first kappa shape index (κ1) is 19.9. The number of halogens is 1. The molecule has 5 aliphatic rings. The molecule has 1 atom stereocenters. The Hall–Kier alpha value is 0.170. The predicted octanol–water partition coefficient (Wildman–Crippen LogP) is 0.706. The number of ether oxygens (including phenoxy) is 1. The highest BCUT2D eigenvalue weighted by molar-refractivity contribution is 5.01. The van der Waals surface area contributed by atoms with E-state index in [9.17, 15) is 5.11 Å². The van der Waals surface area contributed by atoms with Gasteiger partial charge in [-0.1, -0.05) is 6.92 Å². The molecule has 4 aliphatic carbocycles. The van der Waals surface area contributed by atoms with E-state index in [1.807, 2.05) is 0 Å². The van der Waals surface area contributed by atoms with Crippen LogP contribution in [0, 0.1) is 29.1 Å². The molecule has 0 aromatic carbocycles. The van der Waals surface area contributed by atoms with Gasteiger partial charge in [-0.15, -0.1) is 0 Å². The normalized spacial score (nSPS) is 39.4. The smallest absolute Gasteiger partial charge is 0.0900 e. The summed E-state index contributed by atoms with van der Waals surface area (Å²) < 4.78 is 5.92. The van der Waals surface area contributed by atoms with Gasteiger partial charge in [-0.05, 0) is 100.0 Å². The molecular formula is C21H37ClNO2-. The number of piperidine rings is 1. The standard InChI is InChI=1S/C21H37NO2.ClH/c1-16-2-5-22(6-3-16)14-20(23)15-24-7-4-21-11-17-8-18(12-21)10-19(9-17)13-21;/h16-20,23H,2-15H2,1H3;1H/p-1. The van der Waals surface area contributed by atoms with Crippen LogP contribution in [-0.4, -0.2) is 49.0 Å². The molecule has 4 heteroatoms. The maximum Gasteiger partial charge on any atom is 0.0900 e. The van der Waals surface area contributed by atoms with Gasteiger partial charge in [-0.25, -0.2) is 0 Å². The Balaban J connectivity index is 0.00000182. The molecule has 0 spiro atoms. The van der Waals surface area contributed by atoms with E-state index in [1.54, 1.807) is 0 Å². The van der Waals surface area contributed by atoms with Crippen LogP contribution in [0.15, 0.2) is 0 Å². The highest BCUT2D eigenvalue weighted by Gasteiger charge is 2.50. The van der Waals surface area contributed by atoms with E-state index in [1.165, 1.54) is 57.8 Å². The second-order valence-corrected chi connectivity index (χ2v) is 9.88. The monoisotopic (exact) mass is 370 g/mol. The van der Waals surface area contributed by atoms with Crippen LogP contribution in [0.3, 0.4) is 0 Å². The number of likely N-dealkylation sites (tertiary alicyclic amines) is 1. The summed E-state index contributed by atoms with van der Waals surface area (Å²) in [4.78, 5) is 2.41. The van der Waals surface area contributed by atoms with Crippen LogP contribution in [0.2, 0.25) is 0 Å². The second-order valence-electron chi connectivity index (χ2n) is 9.88. The van der Waals surface area contributed by atoms with E-state index in [-0.39, 0.29) is 18.5 Å². The summed E-state index contributed by atoms with van der Waals surface area (Å²) in [5.41, 5.74) is 0.614. The molecule has 1 heterocycles. The van der Waals surface area contributed by atoms with Crippen molar-refractivity contribution >= 4 is 0 Å². The van der Waals surface area contributed by atoms with Gasteiger partial charge in [0, 0.05) is 13.2 Å². The zero-order valence-electron chi connectivity index (χ0n) is 16.0. The fraction of sp³-hybridized carbons (Fsp3) is 1.00. The van der Waals surface area contributed by atoms with Crippen molar-refractivity contribution < 1.29 is 22.3 Å². The average molecular weight is 371 g/mol. The van der Waals surface area contributed by atoms with E-state index in [0.717, 1.165) is 49.9 Å². The molecule has 0 aromatic heterocycles. The summed E-state index contributed by atoms with van der Waals surface area (Å²) in [6.45, 7) is 6.81. The number of nitrogens with zero attached hydrogens (tertiary/aromatic N) is 1. The maximum absolute atomic E-state index is 10.3. The molecule has 4 saturated carbocycles. The van der Waals surface area contributed by atoms with E-state index < -0.39 is 0 Å². The summed E-state index contributed by atoms with van der Waals surface area (Å²) in [6, 6.07) is 0. The predicted molar refractivity (Wildman–Crippen MR) is 96.9 cm³/mol. The molecule has 0 aromatic rings. The lowest BCUT2D eigenvalue weighted by molar-refractivity contribution is -0.0743. The van der Waals surface area contributed by atoms with Gasteiger partial charge in [-0.2, -0.15) is 0 Å². The summed E-state index contributed by atoms with van der Waals surface area (Å²) in [6.07, 6.45) is 12.5. The van der Waals surface area contributed by atoms with Gasteiger partial charge in [0.15, 0.2) is 0 Å². The lowest BCUT2D eigenvalue weighted by atomic mass is 9.49. The molecular weight excluding hydrogens is 334 g/mol. The van der Waals surface area contributed by atoms with Crippen LogP contribution < -0.4 is 12.4 Å². The van der Waals surface area contributed by atoms with Crippen molar-refractivity contribution in [1.82, 2.24) is 4.90 Å². The molecule has 4 bridgehead atoms. The Bertz CT molecular complexity index is 387. The average Bonchev–Trinajstić information content (AvgIpc) is 2.53. The molecule has 1 unspecified atom stereocenters. The Morgan fingerprint density at radius 1 is 1.04 bits per heavy atom. The maximum atomic E-state index is 10.3. The Morgan fingerprint density at radius 2 is 1.60 bits per heavy atom.